The van der Waals surface area contributed by atoms with Gasteiger partial charge >= 0.3 is 0 Å². The number of pyridine rings is 1. The standard InChI is InChI=1S/C14H14F2N2O/c1-9-13(4-3-5-18-9)19-14-11(15)6-10(8-17-2)7-12(14)16/h3-7,17H,8H2,1-2H3. The largest absolute Gasteiger partial charge is 0.449 e. The molecule has 0 radical (unpaired) electrons. The third-order valence-corrected chi connectivity index (χ3v) is 2.61. The van der Waals surface area contributed by atoms with E-state index in [1.165, 1.54) is 12.1 Å². The Bertz CT molecular complexity index is 564. The first-order chi connectivity index (χ1) is 9.11. The molecule has 0 fully saturated rings. The van der Waals surface area contributed by atoms with Crippen molar-refractivity contribution in [2.24, 2.45) is 0 Å². The van der Waals surface area contributed by atoms with E-state index < -0.39 is 17.4 Å². The van der Waals surface area contributed by atoms with Crippen LogP contribution < -0.4 is 10.1 Å². The zero-order valence-electron chi connectivity index (χ0n) is 10.7. The molecule has 3 nitrogen and oxygen atoms in total. The second-order valence-electron chi connectivity index (χ2n) is 4.11. The topological polar surface area (TPSA) is 34.1 Å². The van der Waals surface area contributed by atoms with Crippen LogP contribution in [0.25, 0.3) is 0 Å². The van der Waals surface area contributed by atoms with Gasteiger partial charge in [0.25, 0.3) is 0 Å². The van der Waals surface area contributed by atoms with Crippen LogP contribution in [-0.2, 0) is 6.54 Å². The summed E-state index contributed by atoms with van der Waals surface area (Å²) in [6, 6.07) is 5.76. The van der Waals surface area contributed by atoms with Gasteiger partial charge in [-0.3, -0.25) is 4.98 Å². The lowest BCUT2D eigenvalue weighted by Crippen LogP contribution is -2.06. The molecule has 0 saturated heterocycles. The molecule has 1 aromatic heterocycles. The predicted octanol–water partition coefficient (Wildman–Crippen LogP) is 3.18. The molecule has 0 saturated carbocycles. The van der Waals surface area contributed by atoms with Gasteiger partial charge in [-0.05, 0) is 43.8 Å². The first kappa shape index (κ1) is 13.4. The molecule has 5 heteroatoms. The van der Waals surface area contributed by atoms with Crippen molar-refractivity contribution in [1.29, 1.82) is 0 Å². The summed E-state index contributed by atoms with van der Waals surface area (Å²) in [6.45, 7) is 2.10. The zero-order valence-corrected chi connectivity index (χ0v) is 10.7. The number of halogens is 2. The Morgan fingerprint density at radius 1 is 1.26 bits per heavy atom. The third-order valence-electron chi connectivity index (χ3n) is 2.61. The Labute approximate surface area is 110 Å². The molecular weight excluding hydrogens is 250 g/mol. The molecular formula is C14H14F2N2O. The zero-order chi connectivity index (χ0) is 13.8. The van der Waals surface area contributed by atoms with E-state index in [9.17, 15) is 8.78 Å². The Morgan fingerprint density at radius 2 is 1.95 bits per heavy atom. The van der Waals surface area contributed by atoms with Crippen LogP contribution in [0.2, 0.25) is 0 Å². The molecule has 1 N–H and O–H groups in total. The molecule has 1 heterocycles. The minimum absolute atomic E-state index is 0.335. The summed E-state index contributed by atoms with van der Waals surface area (Å²) in [4.78, 5) is 4.00. The first-order valence-electron chi connectivity index (χ1n) is 5.84. The minimum Gasteiger partial charge on any atom is -0.449 e. The number of hydrogen-bond acceptors (Lipinski definition) is 3. The van der Waals surface area contributed by atoms with Crippen molar-refractivity contribution in [3.8, 4) is 11.5 Å². The van der Waals surface area contributed by atoms with Crippen LogP contribution in [0.5, 0.6) is 11.5 Å². The lowest BCUT2D eigenvalue weighted by Gasteiger charge is -2.11. The molecule has 100 valence electrons. The van der Waals surface area contributed by atoms with Crippen molar-refractivity contribution >= 4 is 0 Å². The van der Waals surface area contributed by atoms with Crippen molar-refractivity contribution in [1.82, 2.24) is 10.3 Å². The van der Waals surface area contributed by atoms with Gasteiger partial charge in [-0.15, -0.1) is 0 Å². The quantitative estimate of drug-likeness (QED) is 0.921. The second kappa shape index (κ2) is 5.75. The second-order valence-corrected chi connectivity index (χ2v) is 4.11. The van der Waals surface area contributed by atoms with Gasteiger partial charge in [-0.25, -0.2) is 8.78 Å². The fourth-order valence-corrected chi connectivity index (χ4v) is 1.70. The van der Waals surface area contributed by atoms with E-state index in [2.05, 4.69) is 10.3 Å². The van der Waals surface area contributed by atoms with E-state index in [0.717, 1.165) is 0 Å². The molecule has 2 aromatic rings. The fraction of sp³-hybridized carbons (Fsp3) is 0.214. The Hall–Kier alpha value is -2.01. The van der Waals surface area contributed by atoms with Crippen LogP contribution in [0.15, 0.2) is 30.5 Å². The minimum atomic E-state index is -0.728. The molecule has 19 heavy (non-hydrogen) atoms. The summed E-state index contributed by atoms with van der Waals surface area (Å²) in [6.07, 6.45) is 1.59. The van der Waals surface area contributed by atoms with Crippen LogP contribution in [-0.4, -0.2) is 12.0 Å². The summed E-state index contributed by atoms with van der Waals surface area (Å²) in [7, 11) is 1.71. The highest BCUT2D eigenvalue weighted by Gasteiger charge is 2.14. The SMILES string of the molecule is CNCc1cc(F)c(Oc2cccnc2C)c(F)c1. The van der Waals surface area contributed by atoms with Crippen molar-refractivity contribution in [3.63, 3.8) is 0 Å². The van der Waals surface area contributed by atoms with Crippen LogP contribution in [0.3, 0.4) is 0 Å². The lowest BCUT2D eigenvalue weighted by molar-refractivity contribution is 0.402. The Morgan fingerprint density at radius 3 is 2.53 bits per heavy atom. The summed E-state index contributed by atoms with van der Waals surface area (Å²) >= 11 is 0. The first-order valence-corrected chi connectivity index (χ1v) is 5.84. The van der Waals surface area contributed by atoms with Crippen LogP contribution >= 0.6 is 0 Å². The van der Waals surface area contributed by atoms with Gasteiger partial charge in [0, 0.05) is 12.7 Å². The highest BCUT2D eigenvalue weighted by molar-refractivity contribution is 5.37. The van der Waals surface area contributed by atoms with Crippen molar-refractivity contribution in [3.05, 3.63) is 53.4 Å². The molecule has 0 aliphatic rings. The van der Waals surface area contributed by atoms with Crippen LogP contribution in [0.1, 0.15) is 11.3 Å². The number of nitrogens with zero attached hydrogens (tertiary/aromatic N) is 1. The van der Waals surface area contributed by atoms with E-state index in [4.69, 9.17) is 4.74 Å². The molecule has 1 aromatic carbocycles. The van der Waals surface area contributed by atoms with Crippen LogP contribution in [0, 0.1) is 18.6 Å². The summed E-state index contributed by atoms with van der Waals surface area (Å²) < 4.78 is 32.9. The predicted molar refractivity (Wildman–Crippen MR) is 68.2 cm³/mol. The van der Waals surface area contributed by atoms with Gasteiger partial charge in [0.15, 0.2) is 17.4 Å². The van der Waals surface area contributed by atoms with Crippen LogP contribution in [0.4, 0.5) is 8.78 Å². The van der Waals surface area contributed by atoms with Gasteiger partial charge in [0.2, 0.25) is 0 Å². The maximum atomic E-state index is 13.8. The Kier molecular flexibility index (Phi) is 4.06. The number of ether oxygens (including phenoxy) is 1. The molecule has 0 aliphatic heterocycles. The maximum absolute atomic E-state index is 13.8. The van der Waals surface area contributed by atoms with Crippen molar-refractivity contribution in [2.75, 3.05) is 7.05 Å². The lowest BCUT2D eigenvalue weighted by atomic mass is 10.2. The average Bonchev–Trinajstić information content (AvgIpc) is 2.36. The molecule has 0 unspecified atom stereocenters. The van der Waals surface area contributed by atoms with Gasteiger partial charge < -0.3 is 10.1 Å². The van der Waals surface area contributed by atoms with Gasteiger partial charge in [-0.2, -0.15) is 0 Å². The number of rotatable bonds is 4. The summed E-state index contributed by atoms with van der Waals surface area (Å²) in [5.41, 5.74) is 1.09. The van der Waals surface area contributed by atoms with Gasteiger partial charge in [0.05, 0.1) is 5.69 Å². The summed E-state index contributed by atoms with van der Waals surface area (Å²) in [5.74, 6) is -1.53. The van der Waals surface area contributed by atoms with Crippen molar-refractivity contribution < 1.29 is 13.5 Å². The highest BCUT2D eigenvalue weighted by atomic mass is 19.1. The number of benzene rings is 1. The molecule has 0 atom stereocenters. The normalized spacial score (nSPS) is 10.5. The third kappa shape index (κ3) is 3.06. The summed E-state index contributed by atoms with van der Waals surface area (Å²) in [5, 5.41) is 2.83. The molecule has 0 spiro atoms. The number of aromatic nitrogens is 1. The van der Waals surface area contributed by atoms with Crippen molar-refractivity contribution in [2.45, 2.75) is 13.5 Å². The van der Waals surface area contributed by atoms with E-state index >= 15 is 0 Å². The molecule has 2 rings (SSSR count). The average molecular weight is 264 g/mol. The highest BCUT2D eigenvalue weighted by Crippen LogP contribution is 2.29. The van der Waals surface area contributed by atoms with E-state index in [1.54, 1.807) is 32.3 Å². The number of nitrogens with one attached hydrogen (secondary N) is 1. The van der Waals surface area contributed by atoms with Gasteiger partial charge in [-0.1, -0.05) is 0 Å². The molecule has 0 amide bonds. The molecule has 0 bridgehead atoms. The van der Waals surface area contributed by atoms with E-state index in [-0.39, 0.29) is 0 Å². The Balaban J connectivity index is 2.33. The molecule has 0 aliphatic carbocycles. The smallest absolute Gasteiger partial charge is 0.198 e. The fourth-order valence-electron chi connectivity index (χ4n) is 1.70. The van der Waals surface area contributed by atoms with Gasteiger partial charge in [0.1, 0.15) is 5.75 Å². The number of aryl methyl sites for hydroxylation is 1. The maximum Gasteiger partial charge on any atom is 0.198 e. The monoisotopic (exact) mass is 264 g/mol. The van der Waals surface area contributed by atoms with E-state index in [0.29, 0.717) is 23.6 Å². The van der Waals surface area contributed by atoms with E-state index in [1.807, 2.05) is 0 Å². The number of hydrogen-bond donors (Lipinski definition) is 1.